The Morgan fingerprint density at radius 2 is 2.25 bits per heavy atom. The van der Waals surface area contributed by atoms with Crippen molar-refractivity contribution >= 4 is 17.3 Å². The number of fused-ring (bicyclic) bond motifs is 1. The van der Waals surface area contributed by atoms with Gasteiger partial charge in [0.15, 0.2) is 0 Å². The Hall–Kier alpha value is -2.23. The summed E-state index contributed by atoms with van der Waals surface area (Å²) in [6, 6.07) is 7.24. The molecule has 0 bridgehead atoms. The fourth-order valence-corrected chi connectivity index (χ4v) is 3.11. The van der Waals surface area contributed by atoms with Crippen LogP contribution in [0.25, 0.3) is 11.6 Å². The first-order valence-electron chi connectivity index (χ1n) is 9.38. The van der Waals surface area contributed by atoms with Crippen molar-refractivity contribution in [3.63, 3.8) is 0 Å². The minimum atomic E-state index is -0.706. The summed E-state index contributed by atoms with van der Waals surface area (Å²) in [6.45, 7) is 5.33. The van der Waals surface area contributed by atoms with E-state index in [0.29, 0.717) is 31.1 Å². The fraction of sp³-hybridized carbons (Fsp3) is 0.450. The molecule has 0 saturated carbocycles. The van der Waals surface area contributed by atoms with Crippen LogP contribution in [0.2, 0.25) is 0 Å². The number of aromatic nitrogens is 2. The van der Waals surface area contributed by atoms with Gasteiger partial charge in [0, 0.05) is 42.9 Å². The number of H-pyrrole nitrogens is 1. The number of hydroxylamine groups is 1. The number of nitrogens with one attached hydrogen (secondary N) is 3. The lowest BCUT2D eigenvalue weighted by atomic mass is 9.95. The van der Waals surface area contributed by atoms with Crippen molar-refractivity contribution in [2.75, 3.05) is 32.8 Å². The SMILES string of the molecule is CC(C)(CO)CNCC(O)COc1cccc2c1C(=Cc1ccn[nH]1)C[NH+]2[O-]. The highest BCUT2D eigenvalue weighted by atomic mass is 16.5. The molecule has 0 spiro atoms. The Bertz CT molecular complexity index is 805. The van der Waals surface area contributed by atoms with Gasteiger partial charge in [-0.2, -0.15) is 5.10 Å². The van der Waals surface area contributed by atoms with Crippen molar-refractivity contribution in [3.05, 3.63) is 46.9 Å². The van der Waals surface area contributed by atoms with Gasteiger partial charge in [0.2, 0.25) is 0 Å². The first-order valence-corrected chi connectivity index (χ1v) is 9.38. The molecule has 2 unspecified atom stereocenters. The third-order valence-electron chi connectivity index (χ3n) is 4.69. The Labute approximate surface area is 164 Å². The number of nitrogens with zero attached hydrogens (tertiary/aromatic N) is 1. The van der Waals surface area contributed by atoms with Crippen LogP contribution in [0.1, 0.15) is 25.1 Å². The van der Waals surface area contributed by atoms with Crippen molar-refractivity contribution in [1.82, 2.24) is 15.5 Å². The second-order valence-corrected chi connectivity index (χ2v) is 7.88. The van der Waals surface area contributed by atoms with Gasteiger partial charge in [0.05, 0.1) is 11.3 Å². The topological polar surface area (TPSA) is 118 Å². The molecular weight excluding hydrogens is 360 g/mol. The predicted octanol–water partition coefficient (Wildman–Crippen LogP) is 0.326. The Kier molecular flexibility index (Phi) is 6.48. The monoisotopic (exact) mass is 388 g/mol. The average Bonchev–Trinajstić information content (AvgIpc) is 3.29. The first-order chi connectivity index (χ1) is 13.4. The molecule has 5 N–H and O–H groups in total. The van der Waals surface area contributed by atoms with Gasteiger partial charge in [-0.25, -0.2) is 0 Å². The lowest BCUT2D eigenvalue weighted by molar-refractivity contribution is -0.762. The summed E-state index contributed by atoms with van der Waals surface area (Å²) in [6.07, 6.45) is 2.86. The van der Waals surface area contributed by atoms with Crippen LogP contribution < -0.4 is 15.1 Å². The van der Waals surface area contributed by atoms with E-state index in [2.05, 4.69) is 15.5 Å². The predicted molar refractivity (Wildman–Crippen MR) is 107 cm³/mol. The number of rotatable bonds is 9. The number of hydrogen-bond acceptors (Lipinski definition) is 6. The molecule has 152 valence electrons. The Balaban J connectivity index is 1.66. The second kappa shape index (κ2) is 8.85. The number of hydrogen-bond donors (Lipinski definition) is 5. The molecule has 3 rings (SSSR count). The maximum Gasteiger partial charge on any atom is 0.143 e. The maximum atomic E-state index is 12.4. The van der Waals surface area contributed by atoms with E-state index in [0.717, 1.165) is 16.8 Å². The number of aromatic amines is 1. The van der Waals surface area contributed by atoms with Gasteiger partial charge < -0.3 is 30.5 Å². The summed E-state index contributed by atoms with van der Waals surface area (Å²) >= 11 is 0. The largest absolute Gasteiger partial charge is 0.629 e. The van der Waals surface area contributed by atoms with E-state index in [1.54, 1.807) is 18.3 Å². The zero-order chi connectivity index (χ0) is 20.1. The molecule has 0 amide bonds. The van der Waals surface area contributed by atoms with Crippen LogP contribution in [0.3, 0.4) is 0 Å². The smallest absolute Gasteiger partial charge is 0.143 e. The van der Waals surface area contributed by atoms with Gasteiger partial charge in [-0.3, -0.25) is 5.10 Å². The molecule has 2 atom stereocenters. The Morgan fingerprint density at radius 3 is 2.96 bits per heavy atom. The molecule has 2 aromatic rings. The average molecular weight is 388 g/mol. The molecule has 0 fully saturated rings. The summed E-state index contributed by atoms with van der Waals surface area (Å²) in [5.41, 5.74) is 2.87. The van der Waals surface area contributed by atoms with Crippen molar-refractivity contribution in [1.29, 1.82) is 0 Å². The lowest BCUT2D eigenvalue weighted by Crippen LogP contribution is -3.00. The van der Waals surface area contributed by atoms with Gasteiger partial charge in [0.1, 0.15) is 30.7 Å². The first kappa shape index (κ1) is 20.5. The fourth-order valence-electron chi connectivity index (χ4n) is 3.11. The van der Waals surface area contributed by atoms with E-state index in [9.17, 15) is 15.4 Å². The maximum absolute atomic E-state index is 12.4. The zero-order valence-corrected chi connectivity index (χ0v) is 16.2. The van der Waals surface area contributed by atoms with Crippen LogP contribution in [0.4, 0.5) is 5.69 Å². The van der Waals surface area contributed by atoms with E-state index < -0.39 is 6.10 Å². The highest BCUT2D eigenvalue weighted by molar-refractivity contribution is 5.89. The molecule has 0 aliphatic carbocycles. The van der Waals surface area contributed by atoms with Gasteiger partial charge in [-0.1, -0.05) is 19.9 Å². The van der Waals surface area contributed by atoms with E-state index >= 15 is 0 Å². The molecule has 1 aliphatic rings. The molecule has 28 heavy (non-hydrogen) atoms. The molecule has 1 aromatic heterocycles. The number of ether oxygens (including phenoxy) is 1. The summed E-state index contributed by atoms with van der Waals surface area (Å²) in [7, 11) is 0. The normalized spacial score (nSPS) is 19.0. The Morgan fingerprint density at radius 1 is 1.43 bits per heavy atom. The third kappa shape index (κ3) is 4.98. The van der Waals surface area contributed by atoms with Crippen LogP contribution in [0, 0.1) is 10.6 Å². The highest BCUT2D eigenvalue weighted by Crippen LogP contribution is 2.35. The number of aliphatic hydroxyl groups is 2. The summed E-state index contributed by atoms with van der Waals surface area (Å²) in [5, 5.41) is 41.8. The van der Waals surface area contributed by atoms with Crippen molar-refractivity contribution in [2.24, 2.45) is 5.41 Å². The van der Waals surface area contributed by atoms with Crippen molar-refractivity contribution in [2.45, 2.75) is 20.0 Å². The molecule has 2 heterocycles. The third-order valence-corrected chi connectivity index (χ3v) is 4.69. The van der Waals surface area contributed by atoms with Crippen LogP contribution >= 0.6 is 0 Å². The summed E-state index contributed by atoms with van der Waals surface area (Å²) in [4.78, 5) is 0. The van der Waals surface area contributed by atoms with Crippen molar-refractivity contribution in [3.8, 4) is 5.75 Å². The van der Waals surface area contributed by atoms with Crippen LogP contribution in [-0.4, -0.2) is 59.4 Å². The summed E-state index contributed by atoms with van der Waals surface area (Å²) in [5.74, 6) is 0.587. The van der Waals surface area contributed by atoms with Crippen LogP contribution in [-0.2, 0) is 0 Å². The van der Waals surface area contributed by atoms with E-state index in [-0.39, 0.29) is 23.7 Å². The van der Waals surface area contributed by atoms with Crippen molar-refractivity contribution < 1.29 is 20.0 Å². The lowest BCUT2D eigenvalue weighted by Gasteiger charge is -2.23. The second-order valence-electron chi connectivity index (χ2n) is 7.88. The van der Waals surface area contributed by atoms with Gasteiger partial charge in [0.25, 0.3) is 0 Å². The molecule has 1 aromatic carbocycles. The highest BCUT2D eigenvalue weighted by Gasteiger charge is 2.28. The number of quaternary nitrogens is 1. The zero-order valence-electron chi connectivity index (χ0n) is 16.2. The number of benzene rings is 1. The number of aliphatic hydroxyl groups excluding tert-OH is 2. The van der Waals surface area contributed by atoms with E-state index in [4.69, 9.17) is 4.74 Å². The van der Waals surface area contributed by atoms with Crippen LogP contribution in [0.15, 0.2) is 30.5 Å². The van der Waals surface area contributed by atoms with Gasteiger partial charge in [-0.15, -0.1) is 0 Å². The molecular formula is C20H28N4O4. The minimum absolute atomic E-state index is 0.0552. The van der Waals surface area contributed by atoms with E-state index in [1.165, 1.54) is 0 Å². The standard InChI is InChI=1S/C20H28N4O4/c1-20(2,13-25)12-21-9-16(26)11-28-18-5-3-4-17-19(18)14(10-24(17)27)8-15-6-7-22-23-15/h3-8,16,21,24-26H,9-13H2,1-2H3,(H,22,23). The minimum Gasteiger partial charge on any atom is -0.629 e. The quantitative estimate of drug-likeness (QED) is 0.395. The summed E-state index contributed by atoms with van der Waals surface area (Å²) < 4.78 is 5.86. The molecule has 0 radical (unpaired) electrons. The molecule has 8 heteroatoms. The molecule has 8 nitrogen and oxygen atoms in total. The van der Waals surface area contributed by atoms with Gasteiger partial charge in [-0.05, 0) is 18.2 Å². The van der Waals surface area contributed by atoms with E-state index in [1.807, 2.05) is 32.1 Å². The molecule has 0 saturated heterocycles. The van der Waals surface area contributed by atoms with Gasteiger partial charge >= 0.3 is 0 Å². The molecule has 1 aliphatic heterocycles. The van der Waals surface area contributed by atoms with Crippen LogP contribution in [0.5, 0.6) is 5.75 Å².